The van der Waals surface area contributed by atoms with Crippen molar-refractivity contribution >= 4 is 31.9 Å². The number of sulfonamides is 1. The Morgan fingerprint density at radius 1 is 1.15 bits per heavy atom. The number of aromatic nitrogens is 2. The van der Waals surface area contributed by atoms with Crippen molar-refractivity contribution in [3.8, 4) is 11.3 Å². The molecular formula is C18H15BrFN3O2S. The lowest BCUT2D eigenvalue weighted by atomic mass is 10.2. The Kier molecular flexibility index (Phi) is 5.24. The van der Waals surface area contributed by atoms with Gasteiger partial charge in [0.25, 0.3) is 10.0 Å². The molecule has 3 aromatic rings. The summed E-state index contributed by atoms with van der Waals surface area (Å²) < 4.78 is 43.2. The number of imidazole rings is 1. The van der Waals surface area contributed by atoms with E-state index in [9.17, 15) is 12.8 Å². The van der Waals surface area contributed by atoms with Gasteiger partial charge in [-0.2, -0.15) is 0 Å². The van der Waals surface area contributed by atoms with Crippen LogP contribution in [0.1, 0.15) is 0 Å². The van der Waals surface area contributed by atoms with Gasteiger partial charge in [0.05, 0.1) is 10.6 Å². The largest absolute Gasteiger partial charge is 0.312 e. The fraction of sp³-hybridized carbons (Fsp3) is 0.0556. The van der Waals surface area contributed by atoms with Crippen LogP contribution < -0.4 is 4.72 Å². The van der Waals surface area contributed by atoms with Crippen molar-refractivity contribution in [3.63, 3.8) is 0 Å². The number of hydrogen-bond acceptors (Lipinski definition) is 3. The monoisotopic (exact) mass is 435 g/mol. The van der Waals surface area contributed by atoms with E-state index in [0.29, 0.717) is 17.8 Å². The maximum Gasteiger partial charge on any atom is 0.264 e. The number of allylic oxidation sites excluding steroid dienone is 1. The molecule has 134 valence electrons. The Morgan fingerprint density at radius 2 is 1.81 bits per heavy atom. The summed E-state index contributed by atoms with van der Waals surface area (Å²) in [5.41, 5.74) is 1.21. The second-order valence-electron chi connectivity index (χ2n) is 5.46. The molecule has 8 heteroatoms. The minimum absolute atomic E-state index is 0.122. The third kappa shape index (κ3) is 4.03. The van der Waals surface area contributed by atoms with Crippen LogP contribution in [0.4, 0.5) is 10.3 Å². The van der Waals surface area contributed by atoms with Crippen LogP contribution >= 0.6 is 15.9 Å². The smallest absolute Gasteiger partial charge is 0.264 e. The Labute approximate surface area is 159 Å². The molecular weight excluding hydrogens is 421 g/mol. The number of rotatable bonds is 6. The van der Waals surface area contributed by atoms with Crippen molar-refractivity contribution in [1.82, 2.24) is 9.55 Å². The number of benzene rings is 2. The van der Waals surface area contributed by atoms with Crippen molar-refractivity contribution in [2.24, 2.45) is 0 Å². The molecule has 1 N–H and O–H groups in total. The zero-order valence-corrected chi connectivity index (χ0v) is 16.0. The second-order valence-corrected chi connectivity index (χ2v) is 8.06. The average Bonchev–Trinajstić information content (AvgIpc) is 2.98. The van der Waals surface area contributed by atoms with E-state index in [1.165, 1.54) is 24.3 Å². The molecule has 5 nitrogen and oxygen atoms in total. The van der Waals surface area contributed by atoms with Crippen LogP contribution in [0.2, 0.25) is 0 Å². The van der Waals surface area contributed by atoms with Crippen molar-refractivity contribution in [2.75, 3.05) is 4.72 Å². The molecule has 0 aliphatic rings. The highest BCUT2D eigenvalue weighted by atomic mass is 79.9. The van der Waals surface area contributed by atoms with Gasteiger partial charge in [0.1, 0.15) is 5.82 Å². The van der Waals surface area contributed by atoms with Crippen LogP contribution in [0.25, 0.3) is 11.3 Å². The van der Waals surface area contributed by atoms with Gasteiger partial charge in [-0.3, -0.25) is 0 Å². The SMILES string of the molecule is C=CCn1cc(-c2ccc(F)cc2)nc1NS(=O)(=O)c1ccc(Br)cc1. The second kappa shape index (κ2) is 7.43. The number of halogens is 2. The Hall–Kier alpha value is -2.45. The number of nitrogens with one attached hydrogen (secondary N) is 1. The quantitative estimate of drug-likeness (QED) is 0.582. The lowest BCUT2D eigenvalue weighted by molar-refractivity contribution is 0.600. The van der Waals surface area contributed by atoms with Gasteiger partial charge in [0, 0.05) is 22.8 Å². The molecule has 0 amide bonds. The topological polar surface area (TPSA) is 64.0 Å². The first-order valence-electron chi connectivity index (χ1n) is 7.61. The molecule has 26 heavy (non-hydrogen) atoms. The number of anilines is 1. The van der Waals surface area contributed by atoms with E-state index in [0.717, 1.165) is 4.47 Å². The van der Waals surface area contributed by atoms with Gasteiger partial charge >= 0.3 is 0 Å². The highest BCUT2D eigenvalue weighted by Crippen LogP contribution is 2.24. The van der Waals surface area contributed by atoms with Crippen LogP contribution in [-0.2, 0) is 16.6 Å². The average molecular weight is 436 g/mol. The molecule has 0 aliphatic carbocycles. The van der Waals surface area contributed by atoms with Gasteiger partial charge in [-0.1, -0.05) is 22.0 Å². The Bertz CT molecular complexity index is 1030. The van der Waals surface area contributed by atoms with Gasteiger partial charge in [-0.25, -0.2) is 22.5 Å². The summed E-state index contributed by atoms with van der Waals surface area (Å²) in [6.45, 7) is 4.04. The van der Waals surface area contributed by atoms with E-state index >= 15 is 0 Å². The summed E-state index contributed by atoms with van der Waals surface area (Å²) in [7, 11) is -3.79. The van der Waals surface area contributed by atoms with Crippen molar-refractivity contribution in [1.29, 1.82) is 0 Å². The van der Waals surface area contributed by atoms with Crippen molar-refractivity contribution < 1.29 is 12.8 Å². The van der Waals surface area contributed by atoms with Crippen LogP contribution in [0.15, 0.2) is 76.8 Å². The van der Waals surface area contributed by atoms with E-state index in [-0.39, 0.29) is 16.7 Å². The maximum atomic E-state index is 13.1. The molecule has 2 aromatic carbocycles. The van der Waals surface area contributed by atoms with E-state index in [1.54, 1.807) is 41.1 Å². The predicted molar refractivity (Wildman–Crippen MR) is 103 cm³/mol. The number of nitrogens with zero attached hydrogens (tertiary/aromatic N) is 2. The third-order valence-corrected chi connectivity index (χ3v) is 5.46. The van der Waals surface area contributed by atoms with Crippen molar-refractivity contribution in [3.05, 3.63) is 77.7 Å². The summed E-state index contributed by atoms with van der Waals surface area (Å²) in [6, 6.07) is 12.1. The molecule has 0 bridgehead atoms. The fourth-order valence-corrected chi connectivity index (χ4v) is 3.61. The van der Waals surface area contributed by atoms with Gasteiger partial charge in [0.2, 0.25) is 5.95 Å². The van der Waals surface area contributed by atoms with Gasteiger partial charge < -0.3 is 4.57 Å². The zero-order chi connectivity index (χ0) is 18.7. The molecule has 1 heterocycles. The minimum atomic E-state index is -3.79. The normalized spacial score (nSPS) is 11.3. The Morgan fingerprint density at radius 3 is 2.42 bits per heavy atom. The maximum absolute atomic E-state index is 13.1. The van der Waals surface area contributed by atoms with Crippen molar-refractivity contribution in [2.45, 2.75) is 11.4 Å². The summed E-state index contributed by atoms with van der Waals surface area (Å²) >= 11 is 3.28. The van der Waals surface area contributed by atoms with Crippen LogP contribution in [-0.4, -0.2) is 18.0 Å². The predicted octanol–water partition coefficient (Wildman–Crippen LogP) is 4.44. The van der Waals surface area contributed by atoms with E-state index in [1.807, 2.05) is 0 Å². The lowest BCUT2D eigenvalue weighted by Crippen LogP contribution is -2.16. The lowest BCUT2D eigenvalue weighted by Gasteiger charge is -2.09. The summed E-state index contributed by atoms with van der Waals surface area (Å²) in [5, 5.41) is 0. The summed E-state index contributed by atoms with van der Waals surface area (Å²) in [4.78, 5) is 4.47. The molecule has 0 aliphatic heterocycles. The highest BCUT2D eigenvalue weighted by Gasteiger charge is 2.18. The van der Waals surface area contributed by atoms with Crippen LogP contribution in [0.5, 0.6) is 0 Å². The Balaban J connectivity index is 1.97. The number of hydrogen-bond donors (Lipinski definition) is 1. The van der Waals surface area contributed by atoms with Crippen LogP contribution in [0, 0.1) is 5.82 Å². The first-order chi connectivity index (χ1) is 12.4. The molecule has 0 saturated heterocycles. The summed E-state index contributed by atoms with van der Waals surface area (Å²) in [5.74, 6) is -0.192. The van der Waals surface area contributed by atoms with Gasteiger partial charge in [-0.15, -0.1) is 6.58 Å². The summed E-state index contributed by atoms with van der Waals surface area (Å²) in [6.07, 6.45) is 3.32. The van der Waals surface area contributed by atoms with Gasteiger partial charge in [-0.05, 0) is 48.5 Å². The molecule has 0 saturated carbocycles. The highest BCUT2D eigenvalue weighted by molar-refractivity contribution is 9.10. The molecule has 0 radical (unpaired) electrons. The van der Waals surface area contributed by atoms with Gasteiger partial charge in [0.15, 0.2) is 0 Å². The van der Waals surface area contributed by atoms with E-state index in [4.69, 9.17) is 0 Å². The fourth-order valence-electron chi connectivity index (χ4n) is 2.33. The first-order valence-corrected chi connectivity index (χ1v) is 9.89. The molecule has 1 aromatic heterocycles. The molecule has 0 atom stereocenters. The van der Waals surface area contributed by atoms with Crippen LogP contribution in [0.3, 0.4) is 0 Å². The van der Waals surface area contributed by atoms with E-state index < -0.39 is 10.0 Å². The zero-order valence-electron chi connectivity index (χ0n) is 13.6. The molecule has 0 spiro atoms. The molecule has 0 fully saturated rings. The standard InChI is InChI=1S/C18H15BrFN3O2S/c1-2-11-23-12-17(13-3-7-15(20)8-4-13)21-18(23)22-26(24,25)16-9-5-14(19)6-10-16/h2-10,12H,1,11H2,(H,21,22). The van der Waals surface area contributed by atoms with E-state index in [2.05, 4.69) is 32.2 Å². The molecule has 3 rings (SSSR count). The first kappa shape index (κ1) is 18.3. The third-order valence-electron chi connectivity index (χ3n) is 3.59. The minimum Gasteiger partial charge on any atom is -0.312 e. The molecule has 0 unspecified atom stereocenters.